The predicted molar refractivity (Wildman–Crippen MR) is 91.3 cm³/mol. The van der Waals surface area contributed by atoms with E-state index in [9.17, 15) is 4.79 Å². The van der Waals surface area contributed by atoms with E-state index in [0.717, 1.165) is 13.1 Å². The van der Waals surface area contributed by atoms with Gasteiger partial charge in [0.25, 0.3) is 5.91 Å². The van der Waals surface area contributed by atoms with E-state index in [0.29, 0.717) is 35.6 Å². The van der Waals surface area contributed by atoms with Gasteiger partial charge in [-0.2, -0.15) is 0 Å². The minimum absolute atomic E-state index is 0.0413. The third-order valence-electron chi connectivity index (χ3n) is 4.28. The Kier molecular flexibility index (Phi) is 5.88. The molecule has 5 heteroatoms. The molecule has 1 amide bonds. The number of benzene rings is 1. The second-order valence-corrected chi connectivity index (χ2v) is 6.55. The molecule has 1 N–H and O–H groups in total. The third kappa shape index (κ3) is 4.16. The van der Waals surface area contributed by atoms with Crippen molar-refractivity contribution in [1.82, 2.24) is 10.2 Å². The van der Waals surface area contributed by atoms with E-state index >= 15 is 0 Å². The number of methoxy groups -OCH3 is 1. The summed E-state index contributed by atoms with van der Waals surface area (Å²) in [4.78, 5) is 14.7. The summed E-state index contributed by atoms with van der Waals surface area (Å²) in [5.74, 6) is 1.76. The maximum absolute atomic E-state index is 12.8. The summed E-state index contributed by atoms with van der Waals surface area (Å²) in [6.45, 7) is 10.5. The van der Waals surface area contributed by atoms with Crippen LogP contribution in [0.2, 0.25) is 0 Å². The molecule has 0 bridgehead atoms. The highest BCUT2D eigenvalue weighted by Gasteiger charge is 2.29. The lowest BCUT2D eigenvalue weighted by atomic mass is 10.0. The molecule has 1 aromatic carbocycles. The van der Waals surface area contributed by atoms with Crippen LogP contribution in [-0.2, 0) is 0 Å². The van der Waals surface area contributed by atoms with Crippen LogP contribution in [0.4, 0.5) is 0 Å². The number of nitrogens with one attached hydrogen (secondary N) is 1. The molecule has 1 fully saturated rings. The minimum atomic E-state index is 0.0413. The topological polar surface area (TPSA) is 50.8 Å². The van der Waals surface area contributed by atoms with Gasteiger partial charge in [-0.25, -0.2) is 0 Å². The molecule has 1 aliphatic heterocycles. The lowest BCUT2D eigenvalue weighted by molar-refractivity contribution is 0.0602. The zero-order chi connectivity index (χ0) is 17.0. The Labute approximate surface area is 139 Å². The van der Waals surface area contributed by atoms with Gasteiger partial charge < -0.3 is 19.7 Å². The van der Waals surface area contributed by atoms with Crippen LogP contribution in [-0.4, -0.2) is 49.7 Å². The fourth-order valence-electron chi connectivity index (χ4n) is 2.69. The number of carbonyl (C=O) groups is 1. The van der Waals surface area contributed by atoms with Crippen LogP contribution in [0.3, 0.4) is 0 Å². The van der Waals surface area contributed by atoms with Crippen molar-refractivity contribution in [1.29, 1.82) is 0 Å². The van der Waals surface area contributed by atoms with Crippen molar-refractivity contribution in [2.45, 2.75) is 39.8 Å². The SMILES string of the molecule is COc1cc(C(=O)N2CCNC(C)C2C)ccc1OCC(C)C. The summed E-state index contributed by atoms with van der Waals surface area (Å²) in [5, 5.41) is 3.39. The molecule has 0 radical (unpaired) electrons. The molecule has 1 heterocycles. The van der Waals surface area contributed by atoms with Crippen molar-refractivity contribution in [3.8, 4) is 11.5 Å². The van der Waals surface area contributed by atoms with Crippen LogP contribution in [0.25, 0.3) is 0 Å². The van der Waals surface area contributed by atoms with Gasteiger partial charge in [-0.05, 0) is 38.0 Å². The molecule has 23 heavy (non-hydrogen) atoms. The highest BCUT2D eigenvalue weighted by atomic mass is 16.5. The molecule has 128 valence electrons. The lowest BCUT2D eigenvalue weighted by Gasteiger charge is -2.38. The first-order chi connectivity index (χ1) is 10.9. The van der Waals surface area contributed by atoms with E-state index < -0.39 is 0 Å². The van der Waals surface area contributed by atoms with E-state index in [1.54, 1.807) is 13.2 Å². The van der Waals surface area contributed by atoms with Crippen LogP contribution in [0.5, 0.6) is 11.5 Å². The van der Waals surface area contributed by atoms with Crippen LogP contribution in [0.1, 0.15) is 38.1 Å². The molecule has 0 aliphatic carbocycles. The molecule has 0 spiro atoms. The molecule has 1 saturated heterocycles. The first kappa shape index (κ1) is 17.6. The number of hydrogen-bond acceptors (Lipinski definition) is 4. The number of rotatable bonds is 5. The molecule has 0 saturated carbocycles. The molecule has 1 aliphatic rings. The summed E-state index contributed by atoms with van der Waals surface area (Å²) in [6, 6.07) is 5.88. The maximum Gasteiger partial charge on any atom is 0.254 e. The van der Waals surface area contributed by atoms with Crippen molar-refractivity contribution in [2.75, 3.05) is 26.8 Å². The smallest absolute Gasteiger partial charge is 0.254 e. The van der Waals surface area contributed by atoms with Gasteiger partial charge in [0.15, 0.2) is 11.5 Å². The fourth-order valence-corrected chi connectivity index (χ4v) is 2.69. The summed E-state index contributed by atoms with van der Waals surface area (Å²) in [6.07, 6.45) is 0. The zero-order valence-electron chi connectivity index (χ0n) is 14.8. The van der Waals surface area contributed by atoms with Gasteiger partial charge in [0.2, 0.25) is 0 Å². The van der Waals surface area contributed by atoms with E-state index in [2.05, 4.69) is 33.0 Å². The number of hydrogen-bond donors (Lipinski definition) is 1. The van der Waals surface area contributed by atoms with E-state index in [1.165, 1.54) is 0 Å². The summed E-state index contributed by atoms with van der Waals surface area (Å²) in [7, 11) is 1.60. The summed E-state index contributed by atoms with van der Waals surface area (Å²) in [5.41, 5.74) is 0.639. The van der Waals surface area contributed by atoms with Gasteiger partial charge in [0.1, 0.15) is 0 Å². The second-order valence-electron chi connectivity index (χ2n) is 6.55. The molecule has 5 nitrogen and oxygen atoms in total. The van der Waals surface area contributed by atoms with Crippen LogP contribution in [0, 0.1) is 5.92 Å². The zero-order valence-corrected chi connectivity index (χ0v) is 14.8. The third-order valence-corrected chi connectivity index (χ3v) is 4.28. The first-order valence-corrected chi connectivity index (χ1v) is 8.29. The molecule has 2 unspecified atom stereocenters. The van der Waals surface area contributed by atoms with E-state index in [4.69, 9.17) is 9.47 Å². The number of carbonyl (C=O) groups excluding carboxylic acids is 1. The molecule has 2 rings (SSSR count). The van der Waals surface area contributed by atoms with Gasteiger partial charge in [0, 0.05) is 30.7 Å². The van der Waals surface area contributed by atoms with Crippen molar-refractivity contribution >= 4 is 5.91 Å². The number of piperazine rings is 1. The highest BCUT2D eigenvalue weighted by Crippen LogP contribution is 2.29. The van der Waals surface area contributed by atoms with Crippen LogP contribution < -0.4 is 14.8 Å². The standard InChI is InChI=1S/C18H28N2O3/c1-12(2)11-23-16-7-6-15(10-17(16)22-5)18(21)20-9-8-19-13(3)14(20)4/h6-7,10,12-14,19H,8-9,11H2,1-5H3. The molecule has 0 aromatic heterocycles. The van der Waals surface area contributed by atoms with Crippen molar-refractivity contribution < 1.29 is 14.3 Å². The van der Waals surface area contributed by atoms with Crippen molar-refractivity contribution in [2.24, 2.45) is 5.92 Å². The number of amides is 1. The first-order valence-electron chi connectivity index (χ1n) is 8.29. The van der Waals surface area contributed by atoms with Gasteiger partial charge in [-0.1, -0.05) is 13.8 Å². The average molecular weight is 320 g/mol. The Hall–Kier alpha value is -1.75. The summed E-state index contributed by atoms with van der Waals surface area (Å²) >= 11 is 0. The Balaban J connectivity index is 2.17. The summed E-state index contributed by atoms with van der Waals surface area (Å²) < 4.78 is 11.1. The predicted octanol–water partition coefficient (Wildman–Crippen LogP) is 2.55. The largest absolute Gasteiger partial charge is 0.493 e. The molecule has 1 aromatic rings. The van der Waals surface area contributed by atoms with E-state index in [-0.39, 0.29) is 11.9 Å². The Morgan fingerprint density at radius 1 is 1.35 bits per heavy atom. The normalized spacial score (nSPS) is 21.4. The number of nitrogens with zero attached hydrogens (tertiary/aromatic N) is 1. The van der Waals surface area contributed by atoms with E-state index in [1.807, 2.05) is 17.0 Å². The maximum atomic E-state index is 12.8. The van der Waals surface area contributed by atoms with Crippen LogP contribution in [0.15, 0.2) is 18.2 Å². The second kappa shape index (κ2) is 7.68. The van der Waals surface area contributed by atoms with Crippen molar-refractivity contribution in [3.63, 3.8) is 0 Å². The average Bonchev–Trinajstić information content (AvgIpc) is 2.54. The van der Waals surface area contributed by atoms with Gasteiger partial charge >= 0.3 is 0 Å². The van der Waals surface area contributed by atoms with Gasteiger partial charge in [-0.15, -0.1) is 0 Å². The Bertz CT molecular complexity index is 545. The molecular weight excluding hydrogens is 292 g/mol. The fraction of sp³-hybridized carbons (Fsp3) is 0.611. The molecule has 2 atom stereocenters. The monoisotopic (exact) mass is 320 g/mol. The highest BCUT2D eigenvalue weighted by molar-refractivity contribution is 5.95. The Morgan fingerprint density at radius 3 is 2.74 bits per heavy atom. The lowest BCUT2D eigenvalue weighted by Crippen LogP contribution is -2.57. The van der Waals surface area contributed by atoms with Gasteiger partial charge in [-0.3, -0.25) is 4.79 Å². The molecular formula is C18H28N2O3. The van der Waals surface area contributed by atoms with Crippen molar-refractivity contribution in [3.05, 3.63) is 23.8 Å². The minimum Gasteiger partial charge on any atom is -0.493 e. The number of ether oxygens (including phenoxy) is 2. The quantitative estimate of drug-likeness (QED) is 0.906. The van der Waals surface area contributed by atoms with Crippen LogP contribution >= 0.6 is 0 Å². The Morgan fingerprint density at radius 2 is 2.09 bits per heavy atom. The van der Waals surface area contributed by atoms with Gasteiger partial charge in [0.05, 0.1) is 13.7 Å².